The highest BCUT2D eigenvalue weighted by Crippen LogP contribution is 2.23. The molecule has 0 saturated heterocycles. The molecule has 0 radical (unpaired) electrons. The van der Waals surface area contributed by atoms with E-state index in [0.29, 0.717) is 4.34 Å². The van der Waals surface area contributed by atoms with Gasteiger partial charge >= 0.3 is 0 Å². The molecule has 0 aliphatic heterocycles. The van der Waals surface area contributed by atoms with Gasteiger partial charge in [0, 0.05) is 11.9 Å². The van der Waals surface area contributed by atoms with Crippen LogP contribution in [0.1, 0.15) is 4.88 Å². The van der Waals surface area contributed by atoms with Crippen LogP contribution in [0.2, 0.25) is 4.34 Å². The SMILES string of the molecule is CNC(=O)/C(C#N)=C\c1ccc(Cl)s1. The van der Waals surface area contributed by atoms with E-state index in [-0.39, 0.29) is 5.57 Å². The van der Waals surface area contributed by atoms with Gasteiger partial charge in [-0.25, -0.2) is 0 Å². The largest absolute Gasteiger partial charge is 0.354 e. The lowest BCUT2D eigenvalue weighted by Gasteiger charge is -1.94. The van der Waals surface area contributed by atoms with Crippen molar-refractivity contribution in [2.24, 2.45) is 0 Å². The molecule has 0 aliphatic rings. The fourth-order valence-corrected chi connectivity index (χ4v) is 1.84. The van der Waals surface area contributed by atoms with Gasteiger partial charge in [0.05, 0.1) is 4.34 Å². The third kappa shape index (κ3) is 2.59. The summed E-state index contributed by atoms with van der Waals surface area (Å²) in [5, 5.41) is 11.1. The first-order chi connectivity index (χ1) is 6.67. The maximum atomic E-state index is 11.1. The van der Waals surface area contributed by atoms with Crippen LogP contribution in [0.3, 0.4) is 0 Å². The van der Waals surface area contributed by atoms with Gasteiger partial charge < -0.3 is 5.32 Å². The lowest BCUT2D eigenvalue weighted by molar-refractivity contribution is -0.116. The number of halogens is 1. The van der Waals surface area contributed by atoms with Gasteiger partial charge in [-0.3, -0.25) is 4.79 Å². The predicted molar refractivity (Wildman–Crippen MR) is 57.0 cm³/mol. The zero-order chi connectivity index (χ0) is 10.6. The molecule has 0 spiro atoms. The van der Waals surface area contributed by atoms with Crippen LogP contribution in [0.5, 0.6) is 0 Å². The minimum Gasteiger partial charge on any atom is -0.354 e. The molecule has 72 valence electrons. The summed E-state index contributed by atoms with van der Waals surface area (Å²) in [6, 6.07) is 5.30. The average molecular weight is 227 g/mol. The number of nitrogens with zero attached hydrogens (tertiary/aromatic N) is 1. The number of hydrogen-bond acceptors (Lipinski definition) is 3. The first-order valence-electron chi connectivity index (χ1n) is 3.76. The van der Waals surface area contributed by atoms with Crippen molar-refractivity contribution in [2.75, 3.05) is 7.05 Å². The molecule has 1 aromatic rings. The van der Waals surface area contributed by atoms with Crippen molar-refractivity contribution in [3.05, 3.63) is 26.9 Å². The van der Waals surface area contributed by atoms with E-state index in [4.69, 9.17) is 16.9 Å². The van der Waals surface area contributed by atoms with Crippen molar-refractivity contribution in [1.82, 2.24) is 5.32 Å². The van der Waals surface area contributed by atoms with Gasteiger partial charge in [-0.2, -0.15) is 5.26 Å². The van der Waals surface area contributed by atoms with E-state index < -0.39 is 5.91 Å². The number of carbonyl (C=O) groups excluding carboxylic acids is 1. The van der Waals surface area contributed by atoms with Crippen molar-refractivity contribution in [1.29, 1.82) is 5.26 Å². The molecule has 3 nitrogen and oxygen atoms in total. The summed E-state index contributed by atoms with van der Waals surface area (Å²) in [4.78, 5) is 11.9. The van der Waals surface area contributed by atoms with E-state index in [1.165, 1.54) is 24.5 Å². The molecule has 5 heteroatoms. The number of likely N-dealkylation sites (N-methyl/N-ethyl adjacent to an activating group) is 1. The van der Waals surface area contributed by atoms with E-state index in [2.05, 4.69) is 5.32 Å². The standard InChI is InChI=1S/C9H7ClN2OS/c1-12-9(13)6(5-11)4-7-2-3-8(10)14-7/h2-4H,1H3,(H,12,13)/b6-4-. The molecule has 0 saturated carbocycles. The zero-order valence-electron chi connectivity index (χ0n) is 7.37. The fraction of sp³-hybridized carbons (Fsp3) is 0.111. The Morgan fingerprint density at radius 2 is 2.43 bits per heavy atom. The Morgan fingerprint density at radius 3 is 2.86 bits per heavy atom. The van der Waals surface area contributed by atoms with Crippen molar-refractivity contribution in [3.63, 3.8) is 0 Å². The van der Waals surface area contributed by atoms with Gasteiger partial charge in [0.25, 0.3) is 5.91 Å². The number of carbonyl (C=O) groups is 1. The summed E-state index contributed by atoms with van der Waals surface area (Å²) in [7, 11) is 1.48. The molecule has 1 aromatic heterocycles. The zero-order valence-corrected chi connectivity index (χ0v) is 8.95. The summed E-state index contributed by atoms with van der Waals surface area (Å²) in [5.74, 6) is -0.392. The Hall–Kier alpha value is -1.31. The van der Waals surface area contributed by atoms with Crippen LogP contribution in [0, 0.1) is 11.3 Å². The van der Waals surface area contributed by atoms with Crippen LogP contribution in [0.15, 0.2) is 17.7 Å². The Kier molecular flexibility index (Phi) is 3.69. The van der Waals surface area contributed by atoms with Crippen LogP contribution < -0.4 is 5.32 Å². The number of hydrogen-bond donors (Lipinski definition) is 1. The van der Waals surface area contributed by atoms with E-state index in [0.717, 1.165) is 4.88 Å². The van der Waals surface area contributed by atoms with Gasteiger partial charge in [-0.15, -0.1) is 11.3 Å². The van der Waals surface area contributed by atoms with Crippen molar-refractivity contribution < 1.29 is 4.79 Å². The van der Waals surface area contributed by atoms with Crippen LogP contribution in [-0.2, 0) is 4.79 Å². The van der Waals surface area contributed by atoms with E-state index in [1.807, 2.05) is 6.07 Å². The maximum Gasteiger partial charge on any atom is 0.261 e. The average Bonchev–Trinajstić information content (AvgIpc) is 2.59. The molecule has 1 rings (SSSR count). The fourth-order valence-electron chi connectivity index (χ4n) is 0.831. The van der Waals surface area contributed by atoms with Gasteiger partial charge in [-0.1, -0.05) is 11.6 Å². The molecule has 0 atom stereocenters. The van der Waals surface area contributed by atoms with Crippen molar-refractivity contribution in [3.8, 4) is 6.07 Å². The van der Waals surface area contributed by atoms with Crippen LogP contribution in [-0.4, -0.2) is 13.0 Å². The van der Waals surface area contributed by atoms with E-state index in [1.54, 1.807) is 12.1 Å². The quantitative estimate of drug-likeness (QED) is 0.620. The summed E-state index contributed by atoms with van der Waals surface area (Å²) in [6.07, 6.45) is 1.51. The molecule has 0 aromatic carbocycles. The highest BCUT2D eigenvalue weighted by molar-refractivity contribution is 7.17. The number of amides is 1. The molecule has 1 heterocycles. The highest BCUT2D eigenvalue weighted by Gasteiger charge is 2.06. The molecule has 0 unspecified atom stereocenters. The monoisotopic (exact) mass is 226 g/mol. The maximum absolute atomic E-state index is 11.1. The van der Waals surface area contributed by atoms with Gasteiger partial charge in [0.1, 0.15) is 11.6 Å². The summed E-state index contributed by atoms with van der Waals surface area (Å²) < 4.78 is 0.630. The Balaban J connectivity index is 2.96. The second-order valence-electron chi connectivity index (χ2n) is 2.39. The topological polar surface area (TPSA) is 52.9 Å². The summed E-state index contributed by atoms with van der Waals surface area (Å²) in [5.41, 5.74) is 0.0750. The lowest BCUT2D eigenvalue weighted by Crippen LogP contribution is -2.18. The summed E-state index contributed by atoms with van der Waals surface area (Å²) >= 11 is 7.02. The number of nitrogens with one attached hydrogen (secondary N) is 1. The Bertz CT molecular complexity index is 417. The highest BCUT2D eigenvalue weighted by atomic mass is 35.5. The molecule has 0 bridgehead atoms. The number of rotatable bonds is 2. The second kappa shape index (κ2) is 4.80. The van der Waals surface area contributed by atoms with Crippen molar-refractivity contribution >= 4 is 34.9 Å². The van der Waals surface area contributed by atoms with Crippen LogP contribution in [0.25, 0.3) is 6.08 Å². The summed E-state index contributed by atoms with van der Waals surface area (Å²) in [6.45, 7) is 0. The lowest BCUT2D eigenvalue weighted by atomic mass is 10.2. The Labute approximate surface area is 90.6 Å². The predicted octanol–water partition coefficient (Wildman–Crippen LogP) is 2.05. The number of nitriles is 1. The first kappa shape index (κ1) is 10.8. The normalized spacial score (nSPS) is 10.8. The Morgan fingerprint density at radius 1 is 1.71 bits per heavy atom. The van der Waals surface area contributed by atoms with Gasteiger partial charge in [0.15, 0.2) is 0 Å². The van der Waals surface area contributed by atoms with Gasteiger partial charge in [0.2, 0.25) is 0 Å². The third-order valence-corrected chi connectivity index (χ3v) is 2.65. The molecular formula is C9H7ClN2OS. The minimum atomic E-state index is -0.392. The third-order valence-electron chi connectivity index (χ3n) is 1.47. The van der Waals surface area contributed by atoms with Crippen molar-refractivity contribution in [2.45, 2.75) is 0 Å². The molecular weight excluding hydrogens is 220 g/mol. The number of thiophene rings is 1. The molecule has 1 amide bonds. The van der Waals surface area contributed by atoms with E-state index >= 15 is 0 Å². The molecule has 0 aliphatic carbocycles. The van der Waals surface area contributed by atoms with E-state index in [9.17, 15) is 4.79 Å². The van der Waals surface area contributed by atoms with Crippen LogP contribution in [0.4, 0.5) is 0 Å². The first-order valence-corrected chi connectivity index (χ1v) is 4.96. The van der Waals surface area contributed by atoms with Gasteiger partial charge in [-0.05, 0) is 18.2 Å². The molecule has 0 fully saturated rings. The van der Waals surface area contributed by atoms with Crippen LogP contribution >= 0.6 is 22.9 Å². The minimum absolute atomic E-state index is 0.0750. The molecule has 14 heavy (non-hydrogen) atoms. The second-order valence-corrected chi connectivity index (χ2v) is 4.14. The molecule has 1 N–H and O–H groups in total. The smallest absolute Gasteiger partial charge is 0.261 e.